The first-order chi connectivity index (χ1) is 11.0. The maximum absolute atomic E-state index is 12.5. The van der Waals surface area contributed by atoms with Gasteiger partial charge in [-0.05, 0) is 58.3 Å². The zero-order valence-electron chi connectivity index (χ0n) is 14.0. The van der Waals surface area contributed by atoms with E-state index in [0.717, 1.165) is 48.7 Å². The minimum absolute atomic E-state index is 0.0824. The van der Waals surface area contributed by atoms with E-state index in [2.05, 4.69) is 47.8 Å². The van der Waals surface area contributed by atoms with Crippen molar-refractivity contribution in [1.82, 2.24) is 15.1 Å². The molecule has 1 aromatic heterocycles. The molecule has 1 aliphatic rings. The van der Waals surface area contributed by atoms with Gasteiger partial charge in [-0.1, -0.05) is 17.7 Å². The molecule has 2 N–H and O–H groups in total. The average Bonchev–Trinajstić information content (AvgIpc) is 2.88. The summed E-state index contributed by atoms with van der Waals surface area (Å²) in [5.41, 5.74) is 4.26. The first kappa shape index (κ1) is 15.7. The van der Waals surface area contributed by atoms with Crippen LogP contribution in [0.5, 0.6) is 0 Å². The van der Waals surface area contributed by atoms with Gasteiger partial charge in [0, 0.05) is 12.0 Å². The molecule has 1 saturated heterocycles. The van der Waals surface area contributed by atoms with Crippen molar-refractivity contribution in [3.05, 3.63) is 41.1 Å². The molecule has 122 valence electrons. The lowest BCUT2D eigenvalue weighted by Crippen LogP contribution is -2.35. The van der Waals surface area contributed by atoms with Gasteiger partial charge in [0.2, 0.25) is 5.91 Å². The number of aromatic nitrogens is 2. The predicted molar refractivity (Wildman–Crippen MR) is 92.0 cm³/mol. The normalized spacial score (nSPS) is 15.6. The highest BCUT2D eigenvalue weighted by atomic mass is 16.2. The molecule has 0 unspecified atom stereocenters. The monoisotopic (exact) mass is 312 g/mol. The topological polar surface area (TPSA) is 59.0 Å². The largest absolute Gasteiger partial charge is 0.317 e. The number of nitrogens with one attached hydrogen (secondary N) is 2. The number of carbonyl (C=O) groups is 1. The van der Waals surface area contributed by atoms with E-state index in [1.54, 1.807) is 0 Å². The minimum atomic E-state index is 0.0824. The van der Waals surface area contributed by atoms with E-state index in [4.69, 9.17) is 0 Å². The lowest BCUT2D eigenvalue weighted by molar-refractivity contribution is -0.120. The first-order valence-electron chi connectivity index (χ1n) is 8.20. The lowest BCUT2D eigenvalue weighted by Gasteiger charge is -2.22. The first-order valence-corrected chi connectivity index (χ1v) is 8.20. The van der Waals surface area contributed by atoms with Gasteiger partial charge in [-0.15, -0.1) is 0 Å². The van der Waals surface area contributed by atoms with E-state index >= 15 is 0 Å². The van der Waals surface area contributed by atoms with Crippen molar-refractivity contribution in [3.8, 4) is 5.69 Å². The number of anilines is 1. The van der Waals surface area contributed by atoms with Crippen LogP contribution in [0, 0.1) is 26.7 Å². The van der Waals surface area contributed by atoms with Crippen molar-refractivity contribution in [2.24, 2.45) is 5.92 Å². The summed E-state index contributed by atoms with van der Waals surface area (Å²) in [5, 5.41) is 10.9. The van der Waals surface area contributed by atoms with Gasteiger partial charge in [-0.25, -0.2) is 4.68 Å². The summed E-state index contributed by atoms with van der Waals surface area (Å²) in [6, 6.07) is 8.18. The third kappa shape index (κ3) is 3.45. The van der Waals surface area contributed by atoms with Crippen LogP contribution in [0.15, 0.2) is 24.3 Å². The Morgan fingerprint density at radius 1 is 1.22 bits per heavy atom. The van der Waals surface area contributed by atoms with Crippen LogP contribution in [0.1, 0.15) is 29.7 Å². The number of benzene rings is 1. The number of hydrogen-bond acceptors (Lipinski definition) is 3. The number of nitrogens with zero attached hydrogens (tertiary/aromatic N) is 2. The summed E-state index contributed by atoms with van der Waals surface area (Å²) in [5.74, 6) is 0.925. The van der Waals surface area contributed by atoms with Crippen LogP contribution in [0.25, 0.3) is 5.69 Å². The molecule has 0 radical (unpaired) electrons. The molecule has 1 aliphatic heterocycles. The zero-order chi connectivity index (χ0) is 16.4. The number of aryl methyl sites for hydroxylation is 3. The van der Waals surface area contributed by atoms with Crippen molar-refractivity contribution in [3.63, 3.8) is 0 Å². The lowest BCUT2D eigenvalue weighted by atomic mass is 9.97. The third-order valence-corrected chi connectivity index (χ3v) is 4.37. The van der Waals surface area contributed by atoms with Gasteiger partial charge in [0.1, 0.15) is 5.82 Å². The van der Waals surface area contributed by atoms with Crippen molar-refractivity contribution in [2.75, 3.05) is 18.4 Å². The van der Waals surface area contributed by atoms with Crippen molar-refractivity contribution in [1.29, 1.82) is 0 Å². The van der Waals surface area contributed by atoms with Crippen LogP contribution in [-0.4, -0.2) is 28.8 Å². The second kappa shape index (κ2) is 6.54. The SMILES string of the molecule is Cc1ccc(-n2nc(C)cc2NC(=O)C2CCNCC2)c(C)c1. The molecule has 5 nitrogen and oxygen atoms in total. The van der Waals surface area contributed by atoms with E-state index in [1.165, 1.54) is 5.56 Å². The van der Waals surface area contributed by atoms with Gasteiger partial charge in [0.05, 0.1) is 11.4 Å². The Morgan fingerprint density at radius 3 is 2.65 bits per heavy atom. The summed E-state index contributed by atoms with van der Waals surface area (Å²) in [6.07, 6.45) is 1.78. The second-order valence-corrected chi connectivity index (χ2v) is 6.39. The molecule has 1 amide bonds. The highest BCUT2D eigenvalue weighted by molar-refractivity contribution is 5.92. The van der Waals surface area contributed by atoms with E-state index in [1.807, 2.05) is 17.7 Å². The summed E-state index contributed by atoms with van der Waals surface area (Å²) in [6.45, 7) is 7.91. The predicted octanol–water partition coefficient (Wildman–Crippen LogP) is 2.74. The van der Waals surface area contributed by atoms with Gasteiger partial charge in [0.15, 0.2) is 0 Å². The molecule has 5 heteroatoms. The molecule has 0 saturated carbocycles. The number of hydrogen-bond donors (Lipinski definition) is 2. The van der Waals surface area contributed by atoms with Crippen molar-refractivity contribution in [2.45, 2.75) is 33.6 Å². The summed E-state index contributed by atoms with van der Waals surface area (Å²) < 4.78 is 1.84. The maximum atomic E-state index is 12.5. The minimum Gasteiger partial charge on any atom is -0.317 e. The van der Waals surface area contributed by atoms with Gasteiger partial charge >= 0.3 is 0 Å². The van der Waals surface area contributed by atoms with Crippen LogP contribution in [-0.2, 0) is 4.79 Å². The molecule has 2 heterocycles. The third-order valence-electron chi connectivity index (χ3n) is 4.37. The van der Waals surface area contributed by atoms with Crippen LogP contribution in [0.4, 0.5) is 5.82 Å². The molecule has 1 fully saturated rings. The van der Waals surface area contributed by atoms with Crippen LogP contribution < -0.4 is 10.6 Å². The van der Waals surface area contributed by atoms with E-state index in [0.29, 0.717) is 0 Å². The Morgan fingerprint density at radius 2 is 1.96 bits per heavy atom. The number of piperidine rings is 1. The molecule has 0 atom stereocenters. The Hall–Kier alpha value is -2.14. The zero-order valence-corrected chi connectivity index (χ0v) is 14.0. The Kier molecular flexibility index (Phi) is 4.48. The van der Waals surface area contributed by atoms with Crippen molar-refractivity contribution >= 4 is 11.7 Å². The fourth-order valence-corrected chi connectivity index (χ4v) is 3.13. The summed E-state index contributed by atoms with van der Waals surface area (Å²) >= 11 is 0. The van der Waals surface area contributed by atoms with Crippen LogP contribution in [0.3, 0.4) is 0 Å². The Bertz CT molecular complexity index is 714. The van der Waals surface area contributed by atoms with E-state index in [-0.39, 0.29) is 11.8 Å². The second-order valence-electron chi connectivity index (χ2n) is 6.39. The highest BCUT2D eigenvalue weighted by Gasteiger charge is 2.22. The molecular weight excluding hydrogens is 288 g/mol. The van der Waals surface area contributed by atoms with Gasteiger partial charge < -0.3 is 10.6 Å². The summed E-state index contributed by atoms with van der Waals surface area (Å²) in [4.78, 5) is 12.5. The smallest absolute Gasteiger partial charge is 0.228 e. The van der Waals surface area contributed by atoms with Crippen LogP contribution in [0.2, 0.25) is 0 Å². The highest BCUT2D eigenvalue weighted by Crippen LogP contribution is 2.22. The molecular formula is C18H24N4O. The fourth-order valence-electron chi connectivity index (χ4n) is 3.13. The van der Waals surface area contributed by atoms with Gasteiger partial charge in [-0.2, -0.15) is 5.10 Å². The van der Waals surface area contributed by atoms with E-state index < -0.39 is 0 Å². The molecule has 1 aromatic carbocycles. The molecule has 23 heavy (non-hydrogen) atoms. The molecule has 2 aromatic rings. The van der Waals surface area contributed by atoms with Gasteiger partial charge in [0.25, 0.3) is 0 Å². The van der Waals surface area contributed by atoms with Crippen molar-refractivity contribution < 1.29 is 4.79 Å². The molecule has 3 rings (SSSR count). The van der Waals surface area contributed by atoms with Gasteiger partial charge in [-0.3, -0.25) is 4.79 Å². The average molecular weight is 312 g/mol. The summed E-state index contributed by atoms with van der Waals surface area (Å²) in [7, 11) is 0. The molecule has 0 spiro atoms. The number of amides is 1. The standard InChI is InChI=1S/C18H24N4O/c1-12-4-5-16(13(2)10-12)22-17(11-14(3)21-22)20-18(23)15-6-8-19-9-7-15/h4-5,10-11,15,19H,6-9H2,1-3H3,(H,20,23). The Labute approximate surface area is 137 Å². The van der Waals surface area contributed by atoms with Crippen LogP contribution >= 0.6 is 0 Å². The van der Waals surface area contributed by atoms with E-state index in [9.17, 15) is 4.79 Å². The maximum Gasteiger partial charge on any atom is 0.228 e. The molecule has 0 aliphatic carbocycles. The quantitative estimate of drug-likeness (QED) is 0.916. The fraction of sp³-hybridized carbons (Fsp3) is 0.444. The molecule has 0 bridgehead atoms. The Balaban J connectivity index is 1.87. The number of carbonyl (C=O) groups excluding carboxylic acids is 1. The number of rotatable bonds is 3.